The van der Waals surface area contributed by atoms with E-state index >= 15 is 0 Å². The first-order valence-electron chi connectivity index (χ1n) is 5.21. The molecule has 94 valence electrons. The van der Waals surface area contributed by atoms with E-state index < -0.39 is 0 Å². The van der Waals surface area contributed by atoms with Crippen LogP contribution in [0.25, 0.3) is 0 Å². The SMILES string of the molecule is Cc1nc(SCC(=O)Nc2ccc(I)cc2)n[nH]1. The van der Waals surface area contributed by atoms with Crippen LogP contribution in [0.15, 0.2) is 29.4 Å². The number of H-pyrrole nitrogens is 1. The molecule has 0 bridgehead atoms. The summed E-state index contributed by atoms with van der Waals surface area (Å²) >= 11 is 3.52. The average Bonchev–Trinajstić information content (AvgIpc) is 2.76. The number of rotatable bonds is 4. The standard InChI is InChI=1S/C11H11IN4OS/c1-7-13-11(16-15-7)18-6-10(17)14-9-4-2-8(12)3-5-9/h2-5H,6H2,1H3,(H,14,17)(H,13,15,16). The van der Waals surface area contributed by atoms with Crippen LogP contribution in [-0.2, 0) is 4.79 Å². The van der Waals surface area contributed by atoms with Gasteiger partial charge in [0.05, 0.1) is 5.75 Å². The molecule has 2 aromatic rings. The summed E-state index contributed by atoms with van der Waals surface area (Å²) in [5.41, 5.74) is 0.798. The highest BCUT2D eigenvalue weighted by Crippen LogP contribution is 2.14. The third-order valence-electron chi connectivity index (χ3n) is 2.04. The second kappa shape index (κ2) is 6.19. The van der Waals surface area contributed by atoms with E-state index in [4.69, 9.17) is 0 Å². The molecule has 18 heavy (non-hydrogen) atoms. The summed E-state index contributed by atoms with van der Waals surface area (Å²) in [6.45, 7) is 1.82. The van der Waals surface area contributed by atoms with Crippen LogP contribution in [0, 0.1) is 10.5 Å². The number of aryl methyl sites for hydroxylation is 1. The Morgan fingerprint density at radius 2 is 2.17 bits per heavy atom. The van der Waals surface area contributed by atoms with Gasteiger partial charge in [-0.3, -0.25) is 9.89 Å². The quantitative estimate of drug-likeness (QED) is 0.637. The molecule has 0 saturated carbocycles. The van der Waals surface area contributed by atoms with Gasteiger partial charge in [0.15, 0.2) is 0 Å². The van der Waals surface area contributed by atoms with Gasteiger partial charge in [0, 0.05) is 9.26 Å². The van der Waals surface area contributed by atoms with E-state index in [2.05, 4.69) is 43.1 Å². The lowest BCUT2D eigenvalue weighted by atomic mass is 10.3. The maximum Gasteiger partial charge on any atom is 0.234 e. The predicted molar refractivity (Wildman–Crippen MR) is 79.6 cm³/mol. The molecule has 0 atom stereocenters. The van der Waals surface area contributed by atoms with Crippen molar-refractivity contribution in [2.45, 2.75) is 12.1 Å². The van der Waals surface area contributed by atoms with E-state index in [9.17, 15) is 4.79 Å². The Morgan fingerprint density at radius 1 is 1.44 bits per heavy atom. The topological polar surface area (TPSA) is 70.7 Å². The Labute approximate surface area is 122 Å². The maximum absolute atomic E-state index is 11.7. The van der Waals surface area contributed by atoms with Crippen LogP contribution in [0.4, 0.5) is 5.69 Å². The van der Waals surface area contributed by atoms with Gasteiger partial charge >= 0.3 is 0 Å². The molecule has 0 radical (unpaired) electrons. The third kappa shape index (κ3) is 3.98. The Kier molecular flexibility index (Phi) is 4.59. The molecule has 1 aromatic carbocycles. The predicted octanol–water partition coefficient (Wildman–Crippen LogP) is 2.45. The zero-order valence-corrected chi connectivity index (χ0v) is 12.6. The molecule has 0 fully saturated rings. The van der Waals surface area contributed by atoms with Crippen molar-refractivity contribution in [2.75, 3.05) is 11.1 Å². The first kappa shape index (κ1) is 13.3. The van der Waals surface area contributed by atoms with Gasteiger partial charge in [-0.15, -0.1) is 5.10 Å². The Bertz CT molecular complexity index is 540. The zero-order valence-electron chi connectivity index (χ0n) is 9.61. The number of anilines is 1. The molecule has 0 aliphatic carbocycles. The highest BCUT2D eigenvalue weighted by molar-refractivity contribution is 14.1. The van der Waals surface area contributed by atoms with Crippen molar-refractivity contribution in [1.29, 1.82) is 0 Å². The summed E-state index contributed by atoms with van der Waals surface area (Å²) in [5.74, 6) is 0.975. The first-order valence-corrected chi connectivity index (χ1v) is 7.27. The monoisotopic (exact) mass is 374 g/mol. The average molecular weight is 374 g/mol. The molecule has 0 saturated heterocycles. The van der Waals surface area contributed by atoms with Crippen LogP contribution in [0.1, 0.15) is 5.82 Å². The van der Waals surface area contributed by atoms with Crippen molar-refractivity contribution in [3.8, 4) is 0 Å². The molecular weight excluding hydrogens is 363 g/mol. The molecule has 2 N–H and O–H groups in total. The van der Waals surface area contributed by atoms with Crippen molar-refractivity contribution in [1.82, 2.24) is 15.2 Å². The number of nitrogens with zero attached hydrogens (tertiary/aromatic N) is 2. The Morgan fingerprint density at radius 3 is 2.78 bits per heavy atom. The third-order valence-corrected chi connectivity index (χ3v) is 3.60. The summed E-state index contributed by atoms with van der Waals surface area (Å²) in [7, 11) is 0. The van der Waals surface area contributed by atoms with E-state index in [1.165, 1.54) is 11.8 Å². The molecule has 2 rings (SSSR count). The number of nitrogens with one attached hydrogen (secondary N) is 2. The zero-order chi connectivity index (χ0) is 13.0. The van der Waals surface area contributed by atoms with Gasteiger partial charge in [-0.1, -0.05) is 11.8 Å². The van der Waals surface area contributed by atoms with E-state index in [0.717, 1.165) is 15.1 Å². The van der Waals surface area contributed by atoms with Crippen molar-refractivity contribution < 1.29 is 4.79 Å². The summed E-state index contributed by atoms with van der Waals surface area (Å²) in [5, 5.41) is 10.1. The van der Waals surface area contributed by atoms with E-state index in [0.29, 0.717) is 10.9 Å². The fourth-order valence-corrected chi connectivity index (χ4v) is 2.25. The summed E-state index contributed by atoms with van der Waals surface area (Å²) in [6.07, 6.45) is 0. The fraction of sp³-hybridized carbons (Fsp3) is 0.182. The lowest BCUT2D eigenvalue weighted by molar-refractivity contribution is -0.113. The second-order valence-corrected chi connectivity index (χ2v) is 5.74. The van der Waals surface area contributed by atoms with Crippen molar-refractivity contribution in [2.24, 2.45) is 0 Å². The number of aromatic nitrogens is 3. The van der Waals surface area contributed by atoms with Gasteiger partial charge in [0.25, 0.3) is 0 Å². The number of hydrogen-bond acceptors (Lipinski definition) is 4. The van der Waals surface area contributed by atoms with Crippen LogP contribution in [0.2, 0.25) is 0 Å². The minimum atomic E-state index is -0.0661. The Balaban J connectivity index is 1.83. The molecule has 0 aliphatic heterocycles. The van der Waals surface area contributed by atoms with Crippen LogP contribution in [0.5, 0.6) is 0 Å². The van der Waals surface area contributed by atoms with Gasteiger partial charge in [0.2, 0.25) is 11.1 Å². The fourth-order valence-electron chi connectivity index (χ4n) is 1.25. The molecule has 7 heteroatoms. The lowest BCUT2D eigenvalue weighted by Crippen LogP contribution is -2.14. The molecule has 1 heterocycles. The van der Waals surface area contributed by atoms with Crippen LogP contribution in [-0.4, -0.2) is 26.8 Å². The number of amides is 1. The normalized spacial score (nSPS) is 10.3. The minimum absolute atomic E-state index is 0.0661. The number of aromatic amines is 1. The van der Waals surface area contributed by atoms with E-state index in [-0.39, 0.29) is 5.91 Å². The number of thioether (sulfide) groups is 1. The van der Waals surface area contributed by atoms with Gasteiger partial charge in [-0.25, -0.2) is 4.98 Å². The first-order chi connectivity index (χ1) is 8.63. The molecule has 5 nitrogen and oxygen atoms in total. The summed E-state index contributed by atoms with van der Waals surface area (Å²) in [6, 6.07) is 7.65. The largest absolute Gasteiger partial charge is 0.325 e. The van der Waals surface area contributed by atoms with Gasteiger partial charge in [0.1, 0.15) is 5.82 Å². The van der Waals surface area contributed by atoms with E-state index in [1.54, 1.807) is 0 Å². The molecule has 1 amide bonds. The molecule has 0 aliphatic rings. The summed E-state index contributed by atoms with van der Waals surface area (Å²) in [4.78, 5) is 15.8. The number of carbonyl (C=O) groups excluding carboxylic acids is 1. The maximum atomic E-state index is 11.7. The van der Waals surface area contributed by atoms with E-state index in [1.807, 2.05) is 31.2 Å². The van der Waals surface area contributed by atoms with Crippen molar-refractivity contribution in [3.63, 3.8) is 0 Å². The second-order valence-electron chi connectivity index (χ2n) is 3.55. The molecule has 1 aromatic heterocycles. The lowest BCUT2D eigenvalue weighted by Gasteiger charge is -2.03. The van der Waals surface area contributed by atoms with Gasteiger partial charge < -0.3 is 5.32 Å². The number of carbonyl (C=O) groups is 1. The number of halogens is 1. The van der Waals surface area contributed by atoms with Gasteiger partial charge in [-0.2, -0.15) is 0 Å². The number of benzene rings is 1. The van der Waals surface area contributed by atoms with Crippen LogP contribution < -0.4 is 5.32 Å². The highest BCUT2D eigenvalue weighted by Gasteiger charge is 2.06. The Hall–Kier alpha value is -1.09. The molecular formula is C11H11IN4OS. The highest BCUT2D eigenvalue weighted by atomic mass is 127. The molecule has 0 unspecified atom stereocenters. The summed E-state index contributed by atoms with van der Waals surface area (Å²) < 4.78 is 1.14. The minimum Gasteiger partial charge on any atom is -0.325 e. The number of hydrogen-bond donors (Lipinski definition) is 2. The van der Waals surface area contributed by atoms with Crippen LogP contribution >= 0.6 is 34.4 Å². The van der Waals surface area contributed by atoms with Crippen LogP contribution in [0.3, 0.4) is 0 Å². The van der Waals surface area contributed by atoms with Gasteiger partial charge in [-0.05, 0) is 53.8 Å². The van der Waals surface area contributed by atoms with Crippen molar-refractivity contribution in [3.05, 3.63) is 33.7 Å². The molecule has 0 spiro atoms. The van der Waals surface area contributed by atoms with Crippen molar-refractivity contribution >= 4 is 45.9 Å². The smallest absolute Gasteiger partial charge is 0.234 e.